The Hall–Kier alpha value is -3.00. The average Bonchev–Trinajstić information content (AvgIpc) is 2.92. The number of amides is 3. The number of ether oxygens (including phenoxy) is 4. The number of unbranched alkanes of at least 4 members (excludes halogenated alkanes) is 1. The van der Waals surface area contributed by atoms with Crippen LogP contribution in [0.25, 0.3) is 0 Å². The van der Waals surface area contributed by atoms with Crippen molar-refractivity contribution in [1.82, 2.24) is 15.4 Å². The number of rotatable bonds is 18. The molecule has 1 N–H and O–H groups in total. The summed E-state index contributed by atoms with van der Waals surface area (Å²) in [4.78, 5) is 54.8. The van der Waals surface area contributed by atoms with Gasteiger partial charge >= 0.3 is 12.2 Å². The van der Waals surface area contributed by atoms with Gasteiger partial charge in [-0.2, -0.15) is 10.1 Å². The number of hydrogen-bond donors (Lipinski definition) is 1. The molecule has 0 saturated heterocycles. The quantitative estimate of drug-likeness (QED) is 0.0665. The van der Waals surface area contributed by atoms with Crippen molar-refractivity contribution in [3.8, 4) is 0 Å². The molecule has 0 fully saturated rings. The third-order valence-corrected chi connectivity index (χ3v) is 3.93. The summed E-state index contributed by atoms with van der Waals surface area (Å²) in [7, 11) is 5.37. The fourth-order valence-corrected chi connectivity index (χ4v) is 2.01. The van der Waals surface area contributed by atoms with Crippen LogP contribution >= 0.6 is 0 Å². The Morgan fingerprint density at radius 3 is 1.51 bits per heavy atom. The van der Waals surface area contributed by atoms with Gasteiger partial charge in [0.15, 0.2) is 0 Å². The normalized spacial score (nSPS) is 7.67. The van der Waals surface area contributed by atoms with Crippen LogP contribution in [0, 0.1) is 0 Å². The van der Waals surface area contributed by atoms with E-state index in [0.717, 1.165) is 16.4 Å². The second kappa shape index (κ2) is 60.2. The van der Waals surface area contributed by atoms with Gasteiger partial charge in [0.2, 0.25) is 5.91 Å². The molecular weight excluding hydrogens is 586 g/mol. The molecule has 0 spiro atoms. The van der Waals surface area contributed by atoms with Crippen molar-refractivity contribution in [3.05, 3.63) is 26.3 Å². The lowest BCUT2D eigenvalue weighted by molar-refractivity contribution is -0.122. The van der Waals surface area contributed by atoms with E-state index in [2.05, 4.69) is 31.6 Å². The molecular formula is C32H79N3O10. The van der Waals surface area contributed by atoms with Crippen LogP contribution in [0.5, 0.6) is 0 Å². The van der Waals surface area contributed by atoms with Crippen LogP contribution in [-0.4, -0.2) is 109 Å². The van der Waals surface area contributed by atoms with Crippen LogP contribution in [0.2, 0.25) is 0 Å². The smallest absolute Gasteiger partial charge is 0.433 e. The highest BCUT2D eigenvalue weighted by Gasteiger charge is 2.19. The molecule has 0 unspecified atom stereocenters. The fourth-order valence-electron chi connectivity index (χ4n) is 2.01. The molecule has 0 aliphatic carbocycles. The maximum atomic E-state index is 11.8. The maximum absolute atomic E-state index is 11.8. The lowest BCUT2D eigenvalue weighted by Gasteiger charge is -2.21. The summed E-state index contributed by atoms with van der Waals surface area (Å²) >= 11 is 0. The fraction of sp³-hybridized carbons (Fsp3) is 0.750. The standard InChI is InChI=1S/C19H35N3O10.2C2H4.9CH4/c1-21(27-3)18(25)31-14-16(15-32-19(26)22(2)28-4)30-12-7-8-17(24)20-9-13-29-11-6-5-10-23;2*1-2;;;;;;;;;/h10,16H,5-9,11-15H2,1-4H3,(H,20,24);2*1-2H2;9*1H4. The van der Waals surface area contributed by atoms with E-state index < -0.39 is 18.3 Å². The predicted molar refractivity (Wildman–Crippen MR) is 193 cm³/mol. The minimum absolute atomic E-state index is 0. The number of nitrogens with one attached hydrogen (secondary N) is 1. The van der Waals surface area contributed by atoms with Crippen molar-refractivity contribution < 1.29 is 47.8 Å². The van der Waals surface area contributed by atoms with E-state index >= 15 is 0 Å². The molecule has 0 heterocycles. The molecule has 0 aliphatic heterocycles. The number of nitrogens with zero attached hydrogens (tertiary/aromatic N) is 2. The van der Waals surface area contributed by atoms with E-state index in [1.165, 1.54) is 28.3 Å². The van der Waals surface area contributed by atoms with Gasteiger partial charge in [0, 0.05) is 46.7 Å². The molecule has 45 heavy (non-hydrogen) atoms. The van der Waals surface area contributed by atoms with E-state index in [9.17, 15) is 19.2 Å². The van der Waals surface area contributed by atoms with Crippen molar-refractivity contribution in [2.75, 3.05) is 67.9 Å². The predicted octanol–water partition coefficient (Wildman–Crippen LogP) is 7.85. The topological polar surface area (TPSA) is 142 Å². The molecule has 0 aromatic carbocycles. The van der Waals surface area contributed by atoms with Crippen LogP contribution in [0.15, 0.2) is 26.3 Å². The van der Waals surface area contributed by atoms with Crippen LogP contribution in [0.1, 0.15) is 92.5 Å². The first-order valence-electron chi connectivity index (χ1n) is 11.1. The van der Waals surface area contributed by atoms with Crippen molar-refractivity contribution in [3.63, 3.8) is 0 Å². The molecule has 282 valence electrons. The van der Waals surface area contributed by atoms with Crippen molar-refractivity contribution in [2.45, 2.75) is 98.6 Å². The van der Waals surface area contributed by atoms with Crippen LogP contribution in [0.3, 0.4) is 0 Å². The number of aldehydes is 1. The van der Waals surface area contributed by atoms with Crippen LogP contribution < -0.4 is 5.32 Å². The molecule has 0 aliphatic rings. The van der Waals surface area contributed by atoms with Gasteiger partial charge in [0.25, 0.3) is 0 Å². The van der Waals surface area contributed by atoms with E-state index in [4.69, 9.17) is 28.6 Å². The van der Waals surface area contributed by atoms with E-state index in [0.29, 0.717) is 39.0 Å². The van der Waals surface area contributed by atoms with E-state index in [1.54, 1.807) is 0 Å². The SMILES string of the molecule is C.C.C.C.C.C.C.C.C.C=C.C=C.CON(C)C(=O)OCC(COC(=O)N(C)OC)OCCCC(=O)NCCOCCCC=O. The van der Waals surface area contributed by atoms with Crippen molar-refractivity contribution in [2.24, 2.45) is 0 Å². The summed E-state index contributed by atoms with van der Waals surface area (Å²) in [6.07, 6.45) is 0.338. The summed E-state index contributed by atoms with van der Waals surface area (Å²) in [5, 5.41) is 4.49. The summed E-state index contributed by atoms with van der Waals surface area (Å²) in [6.45, 7) is 13.0. The molecule has 13 nitrogen and oxygen atoms in total. The zero-order valence-electron chi connectivity index (χ0n) is 22.0. The maximum Gasteiger partial charge on any atom is 0.433 e. The second-order valence-corrected chi connectivity index (χ2v) is 6.38. The first kappa shape index (κ1) is 78.4. The Bertz CT molecular complexity index is 557. The zero-order valence-corrected chi connectivity index (χ0v) is 22.0. The van der Waals surface area contributed by atoms with Crippen molar-refractivity contribution in [1.29, 1.82) is 0 Å². The van der Waals surface area contributed by atoms with Crippen molar-refractivity contribution >= 4 is 24.4 Å². The molecule has 0 radical (unpaired) electrons. The van der Waals surface area contributed by atoms with E-state index in [1.807, 2.05) is 0 Å². The summed E-state index contributed by atoms with van der Waals surface area (Å²) in [5.41, 5.74) is 0. The zero-order chi connectivity index (χ0) is 28.2. The molecule has 0 atom stereocenters. The Balaban J connectivity index is -0.0000000802. The Morgan fingerprint density at radius 1 is 0.711 bits per heavy atom. The first-order valence-corrected chi connectivity index (χ1v) is 11.1. The highest BCUT2D eigenvalue weighted by Crippen LogP contribution is 2.03. The lowest BCUT2D eigenvalue weighted by atomic mass is 10.3. The minimum Gasteiger partial charge on any atom is -0.445 e. The largest absolute Gasteiger partial charge is 0.445 e. The highest BCUT2D eigenvalue weighted by molar-refractivity contribution is 5.75. The van der Waals surface area contributed by atoms with Gasteiger partial charge in [-0.05, 0) is 12.8 Å². The van der Waals surface area contributed by atoms with Gasteiger partial charge in [0.05, 0.1) is 20.8 Å². The van der Waals surface area contributed by atoms with Crippen LogP contribution in [-0.2, 0) is 38.2 Å². The molecule has 0 aromatic heterocycles. The Morgan fingerprint density at radius 2 is 1.13 bits per heavy atom. The van der Waals surface area contributed by atoms with E-state index in [-0.39, 0.29) is 99.0 Å². The lowest BCUT2D eigenvalue weighted by Crippen LogP contribution is -2.35. The first-order chi connectivity index (χ1) is 17.3. The van der Waals surface area contributed by atoms with Gasteiger partial charge in [-0.25, -0.2) is 9.59 Å². The van der Waals surface area contributed by atoms with Gasteiger partial charge in [-0.1, -0.05) is 66.8 Å². The molecule has 0 aromatic rings. The molecule has 0 rings (SSSR count). The van der Waals surface area contributed by atoms with Gasteiger partial charge in [0.1, 0.15) is 25.6 Å². The third kappa shape index (κ3) is 50.9. The summed E-state index contributed by atoms with van der Waals surface area (Å²) < 4.78 is 21.0. The number of carbonyl (C=O) groups excluding carboxylic acids is 4. The number of carbonyl (C=O) groups is 4. The molecule has 0 saturated carbocycles. The number of hydroxylamine groups is 4. The minimum atomic E-state index is -0.749. The number of hydrogen-bond acceptors (Lipinski definition) is 10. The molecule has 13 heteroatoms. The van der Waals surface area contributed by atoms with Gasteiger partial charge < -0.3 is 29.1 Å². The molecule has 3 amide bonds. The monoisotopic (exact) mass is 666 g/mol. The molecule has 0 bridgehead atoms. The Kier molecular flexibility index (Phi) is 105. The summed E-state index contributed by atoms with van der Waals surface area (Å²) in [5.74, 6) is -0.164. The van der Waals surface area contributed by atoms with Gasteiger partial charge in [-0.3, -0.25) is 14.5 Å². The summed E-state index contributed by atoms with van der Waals surface area (Å²) in [6, 6.07) is 0. The third-order valence-electron chi connectivity index (χ3n) is 3.93. The highest BCUT2D eigenvalue weighted by atomic mass is 16.7. The van der Waals surface area contributed by atoms with Gasteiger partial charge in [-0.15, -0.1) is 26.3 Å². The Labute approximate surface area is 280 Å². The average molecular weight is 666 g/mol. The second-order valence-electron chi connectivity index (χ2n) is 6.38. The van der Waals surface area contributed by atoms with Crippen LogP contribution in [0.4, 0.5) is 9.59 Å².